The van der Waals surface area contributed by atoms with Crippen LogP contribution in [0.25, 0.3) is 0 Å². The Balaban J connectivity index is 1.64. The highest BCUT2D eigenvalue weighted by atomic mass is 32.1. The van der Waals surface area contributed by atoms with Crippen LogP contribution in [0.3, 0.4) is 0 Å². The maximum absolute atomic E-state index is 12.3. The van der Waals surface area contributed by atoms with Gasteiger partial charge >= 0.3 is 6.03 Å². The molecule has 7 heteroatoms. The highest BCUT2D eigenvalue weighted by Crippen LogP contribution is 2.26. The lowest BCUT2D eigenvalue weighted by atomic mass is 10.2. The van der Waals surface area contributed by atoms with E-state index in [4.69, 9.17) is 0 Å². The topological polar surface area (TPSA) is 70.1 Å². The molecule has 24 heavy (non-hydrogen) atoms. The van der Waals surface area contributed by atoms with E-state index in [9.17, 15) is 4.79 Å². The van der Waals surface area contributed by atoms with Gasteiger partial charge in [-0.15, -0.1) is 11.3 Å². The van der Waals surface area contributed by atoms with Crippen LogP contribution in [0, 0.1) is 0 Å². The van der Waals surface area contributed by atoms with E-state index in [0.717, 1.165) is 41.7 Å². The number of nitrogens with zero attached hydrogens (tertiary/aromatic N) is 3. The van der Waals surface area contributed by atoms with E-state index in [1.807, 2.05) is 24.4 Å². The normalized spacial score (nSPS) is 15.3. The number of hydrogen-bond donors (Lipinski definition) is 2. The number of hydrogen-bond acceptors (Lipinski definition) is 5. The Bertz CT molecular complexity index is 696. The van der Waals surface area contributed by atoms with Gasteiger partial charge in [-0.3, -0.25) is 0 Å². The quantitative estimate of drug-likeness (QED) is 0.869. The lowest BCUT2D eigenvalue weighted by molar-refractivity contribution is 0.249. The molecule has 2 N–H and O–H groups in total. The zero-order valence-corrected chi connectivity index (χ0v) is 14.9. The Morgan fingerprint density at radius 1 is 1.42 bits per heavy atom. The fraction of sp³-hybridized carbons (Fsp3) is 0.471. The van der Waals surface area contributed by atoms with Gasteiger partial charge in [-0.05, 0) is 38.3 Å². The van der Waals surface area contributed by atoms with Gasteiger partial charge in [-0.2, -0.15) is 0 Å². The van der Waals surface area contributed by atoms with Crippen LogP contribution in [0.1, 0.15) is 43.4 Å². The van der Waals surface area contributed by atoms with Gasteiger partial charge < -0.3 is 15.5 Å². The van der Waals surface area contributed by atoms with Crippen LogP contribution >= 0.6 is 11.3 Å². The van der Waals surface area contributed by atoms with Crippen LogP contribution in [-0.2, 0) is 6.42 Å². The molecule has 2 amide bonds. The first-order valence-corrected chi connectivity index (χ1v) is 9.27. The Kier molecular flexibility index (Phi) is 5.30. The van der Waals surface area contributed by atoms with Gasteiger partial charge in [0.05, 0.1) is 22.4 Å². The maximum atomic E-state index is 12.3. The molecular formula is C17H23N5OS. The monoisotopic (exact) mass is 345 g/mol. The maximum Gasteiger partial charge on any atom is 0.319 e. The first-order valence-electron chi connectivity index (χ1n) is 8.39. The highest BCUT2D eigenvalue weighted by Gasteiger charge is 2.19. The number of pyridine rings is 1. The van der Waals surface area contributed by atoms with Gasteiger partial charge in [0.2, 0.25) is 0 Å². The number of carbonyl (C=O) groups excluding carboxylic acids is 1. The summed E-state index contributed by atoms with van der Waals surface area (Å²) in [7, 11) is 0. The van der Waals surface area contributed by atoms with Gasteiger partial charge in [0.25, 0.3) is 0 Å². The molecule has 2 aromatic rings. The molecule has 3 heterocycles. The first-order chi connectivity index (χ1) is 11.7. The molecule has 0 unspecified atom stereocenters. The zero-order chi connectivity index (χ0) is 16.9. The minimum Gasteiger partial charge on any atom is -0.355 e. The summed E-state index contributed by atoms with van der Waals surface area (Å²) in [5.41, 5.74) is 1.65. The van der Waals surface area contributed by atoms with Crippen molar-refractivity contribution in [3.8, 4) is 0 Å². The van der Waals surface area contributed by atoms with E-state index in [1.165, 1.54) is 12.8 Å². The number of aromatic nitrogens is 2. The number of urea groups is 1. The van der Waals surface area contributed by atoms with Crippen molar-refractivity contribution in [3.05, 3.63) is 34.4 Å². The van der Waals surface area contributed by atoms with Crippen molar-refractivity contribution < 1.29 is 4.79 Å². The van der Waals surface area contributed by atoms with E-state index in [1.54, 1.807) is 17.5 Å². The van der Waals surface area contributed by atoms with Crippen LogP contribution in [0.15, 0.2) is 23.7 Å². The Morgan fingerprint density at radius 3 is 2.92 bits per heavy atom. The molecule has 0 spiro atoms. The van der Waals surface area contributed by atoms with Gasteiger partial charge in [-0.25, -0.2) is 14.8 Å². The summed E-state index contributed by atoms with van der Waals surface area (Å²) < 4.78 is 0. The third kappa shape index (κ3) is 3.84. The van der Waals surface area contributed by atoms with Crippen molar-refractivity contribution in [2.45, 2.75) is 39.2 Å². The fourth-order valence-electron chi connectivity index (χ4n) is 2.79. The summed E-state index contributed by atoms with van der Waals surface area (Å²) in [6.45, 7) is 6.00. The highest BCUT2D eigenvalue weighted by molar-refractivity contribution is 7.09. The van der Waals surface area contributed by atoms with Crippen molar-refractivity contribution in [2.24, 2.45) is 0 Å². The smallest absolute Gasteiger partial charge is 0.319 e. The van der Waals surface area contributed by atoms with Crippen molar-refractivity contribution in [2.75, 3.05) is 23.3 Å². The minimum atomic E-state index is -0.234. The molecule has 1 saturated heterocycles. The summed E-state index contributed by atoms with van der Waals surface area (Å²) in [5, 5.41) is 8.97. The number of aryl methyl sites for hydroxylation is 1. The zero-order valence-electron chi connectivity index (χ0n) is 14.1. The summed E-state index contributed by atoms with van der Waals surface area (Å²) >= 11 is 1.63. The van der Waals surface area contributed by atoms with Gasteiger partial charge in [0.1, 0.15) is 0 Å². The molecule has 0 aromatic carbocycles. The SMILES string of the molecule is CCc1nc([C@@H](C)NC(=O)Nc2cccnc2N2CCCC2)cs1. The molecule has 0 saturated carbocycles. The summed E-state index contributed by atoms with van der Waals surface area (Å²) in [4.78, 5) is 23.5. The molecule has 3 rings (SSSR count). The van der Waals surface area contributed by atoms with Crippen molar-refractivity contribution >= 4 is 28.9 Å². The van der Waals surface area contributed by atoms with Crippen molar-refractivity contribution in [3.63, 3.8) is 0 Å². The molecule has 6 nitrogen and oxygen atoms in total. The van der Waals surface area contributed by atoms with E-state index in [2.05, 4.69) is 32.4 Å². The average molecular weight is 345 g/mol. The van der Waals surface area contributed by atoms with E-state index in [0.29, 0.717) is 0 Å². The third-order valence-corrected chi connectivity index (χ3v) is 5.12. The molecule has 2 aromatic heterocycles. The van der Waals surface area contributed by atoms with Crippen LogP contribution in [0.4, 0.5) is 16.3 Å². The third-order valence-electron chi connectivity index (χ3n) is 4.10. The van der Waals surface area contributed by atoms with Gasteiger partial charge in [0.15, 0.2) is 5.82 Å². The lowest BCUT2D eigenvalue weighted by Gasteiger charge is -2.20. The molecule has 0 aliphatic carbocycles. The second-order valence-corrected chi connectivity index (χ2v) is 6.85. The number of amides is 2. The van der Waals surface area contributed by atoms with Crippen molar-refractivity contribution in [1.82, 2.24) is 15.3 Å². The second kappa shape index (κ2) is 7.61. The predicted octanol–water partition coefficient (Wildman–Crippen LogP) is 3.58. The molecule has 1 atom stereocenters. The van der Waals surface area contributed by atoms with E-state index < -0.39 is 0 Å². The largest absolute Gasteiger partial charge is 0.355 e. The van der Waals surface area contributed by atoms with Crippen LogP contribution in [0.2, 0.25) is 0 Å². The van der Waals surface area contributed by atoms with Gasteiger partial charge in [-0.1, -0.05) is 6.92 Å². The molecule has 1 aliphatic rings. The van der Waals surface area contributed by atoms with E-state index >= 15 is 0 Å². The molecular weight excluding hydrogens is 322 g/mol. The molecule has 128 valence electrons. The summed E-state index contributed by atoms with van der Waals surface area (Å²) in [6.07, 6.45) is 5.02. The summed E-state index contributed by atoms with van der Waals surface area (Å²) in [5.74, 6) is 0.847. The molecule has 0 radical (unpaired) electrons. The van der Waals surface area contributed by atoms with E-state index in [-0.39, 0.29) is 12.1 Å². The number of anilines is 2. The van der Waals surface area contributed by atoms with Crippen LogP contribution < -0.4 is 15.5 Å². The number of rotatable bonds is 5. The molecule has 0 bridgehead atoms. The number of carbonyl (C=O) groups is 1. The second-order valence-electron chi connectivity index (χ2n) is 5.91. The Labute approximate surface area is 146 Å². The molecule has 1 aliphatic heterocycles. The van der Waals surface area contributed by atoms with Gasteiger partial charge in [0, 0.05) is 24.7 Å². The molecule has 1 fully saturated rings. The van der Waals surface area contributed by atoms with Crippen LogP contribution in [-0.4, -0.2) is 29.1 Å². The first kappa shape index (κ1) is 16.7. The minimum absolute atomic E-state index is 0.131. The Hall–Kier alpha value is -2.15. The van der Waals surface area contributed by atoms with Crippen molar-refractivity contribution in [1.29, 1.82) is 0 Å². The van der Waals surface area contributed by atoms with Crippen LogP contribution in [0.5, 0.6) is 0 Å². The predicted molar refractivity (Wildman–Crippen MR) is 97.7 cm³/mol. The number of thiazole rings is 1. The summed E-state index contributed by atoms with van der Waals surface area (Å²) in [6, 6.07) is 3.37. The Morgan fingerprint density at radius 2 is 2.21 bits per heavy atom. The fourth-order valence-corrected chi connectivity index (χ4v) is 3.63. The lowest BCUT2D eigenvalue weighted by Crippen LogP contribution is -2.32. The standard InChI is InChI=1S/C17H23N5OS/c1-3-15-20-14(11-24-15)12(2)19-17(23)21-13-7-6-8-18-16(13)22-9-4-5-10-22/h6-8,11-12H,3-5,9-10H2,1-2H3,(H2,19,21,23)/t12-/m1/s1. The average Bonchev–Trinajstić information content (AvgIpc) is 3.27. The number of nitrogens with one attached hydrogen (secondary N) is 2.